The number of amides is 1. The maximum absolute atomic E-state index is 12.7. The molecule has 4 rings (SSSR count). The number of nitrogens with zero attached hydrogens (tertiary/aromatic N) is 3. The molecule has 4 heterocycles. The Morgan fingerprint density at radius 1 is 1.48 bits per heavy atom. The molecule has 1 aliphatic heterocycles. The van der Waals surface area contributed by atoms with Gasteiger partial charge in [-0.05, 0) is 42.5 Å². The molecule has 0 spiro atoms. The van der Waals surface area contributed by atoms with Crippen LogP contribution in [0.5, 0.6) is 11.6 Å². The third kappa shape index (κ3) is 3.72. The summed E-state index contributed by atoms with van der Waals surface area (Å²) in [5, 5.41) is 9.36. The highest BCUT2D eigenvalue weighted by Gasteiger charge is 2.26. The standard InChI is InChI=1S/C19H20N4O3S/c1-12-17(19(23(2)22-12)26-14-4-3-7-20-11-14)21-16(24)10-15-18-13(5-8-25-15)6-9-27-18/h3-4,6-7,9,11,15H,5,8,10H2,1-2H3,(H,21,24)/t15-/m0/s1. The monoisotopic (exact) mass is 384 g/mol. The number of carbonyl (C=O) groups excluding carboxylic acids is 1. The van der Waals surface area contributed by atoms with Crippen molar-refractivity contribution in [3.05, 3.63) is 52.1 Å². The van der Waals surface area contributed by atoms with Crippen LogP contribution in [0.15, 0.2) is 36.0 Å². The van der Waals surface area contributed by atoms with Gasteiger partial charge >= 0.3 is 0 Å². The predicted octanol–water partition coefficient (Wildman–Crippen LogP) is 3.62. The fourth-order valence-corrected chi connectivity index (χ4v) is 4.15. The van der Waals surface area contributed by atoms with Crippen molar-refractivity contribution in [3.63, 3.8) is 0 Å². The summed E-state index contributed by atoms with van der Waals surface area (Å²) in [6.07, 6.45) is 4.25. The molecule has 0 bridgehead atoms. The normalized spacial score (nSPS) is 16.0. The summed E-state index contributed by atoms with van der Waals surface area (Å²) >= 11 is 1.64. The zero-order valence-corrected chi connectivity index (χ0v) is 16.0. The van der Waals surface area contributed by atoms with Gasteiger partial charge in [-0.3, -0.25) is 9.78 Å². The Hall–Kier alpha value is -2.71. The van der Waals surface area contributed by atoms with Crippen molar-refractivity contribution in [2.45, 2.75) is 25.9 Å². The zero-order chi connectivity index (χ0) is 18.8. The molecule has 0 fully saturated rings. The molecular formula is C19H20N4O3S. The van der Waals surface area contributed by atoms with Crippen molar-refractivity contribution >= 4 is 22.9 Å². The molecule has 3 aromatic rings. The molecule has 1 N–H and O–H groups in total. The molecular weight excluding hydrogens is 364 g/mol. The number of pyridine rings is 1. The van der Waals surface area contributed by atoms with E-state index in [1.54, 1.807) is 47.6 Å². The number of anilines is 1. The first-order valence-corrected chi connectivity index (χ1v) is 9.59. The van der Waals surface area contributed by atoms with Crippen LogP contribution in [0.1, 0.15) is 28.7 Å². The van der Waals surface area contributed by atoms with Gasteiger partial charge in [0, 0.05) is 18.1 Å². The summed E-state index contributed by atoms with van der Waals surface area (Å²) in [7, 11) is 1.77. The minimum Gasteiger partial charge on any atom is -0.436 e. The minimum absolute atomic E-state index is 0.131. The van der Waals surface area contributed by atoms with Crippen LogP contribution in [-0.2, 0) is 23.0 Å². The summed E-state index contributed by atoms with van der Waals surface area (Å²) < 4.78 is 13.3. The summed E-state index contributed by atoms with van der Waals surface area (Å²) in [5.41, 5.74) is 2.53. The summed E-state index contributed by atoms with van der Waals surface area (Å²) in [5.74, 6) is 0.915. The number of thiophene rings is 1. The first-order chi connectivity index (χ1) is 13.1. The number of aromatic nitrogens is 3. The maximum Gasteiger partial charge on any atom is 0.241 e. The third-order valence-electron chi connectivity index (χ3n) is 4.42. The second kappa shape index (κ2) is 7.50. The van der Waals surface area contributed by atoms with Crippen LogP contribution >= 0.6 is 11.3 Å². The molecule has 8 heteroatoms. The van der Waals surface area contributed by atoms with Gasteiger partial charge in [0.25, 0.3) is 0 Å². The molecule has 0 aromatic carbocycles. The van der Waals surface area contributed by atoms with Crippen molar-refractivity contribution in [2.75, 3.05) is 11.9 Å². The van der Waals surface area contributed by atoms with Gasteiger partial charge in [-0.15, -0.1) is 11.3 Å². The highest BCUT2D eigenvalue weighted by molar-refractivity contribution is 7.10. The molecule has 27 heavy (non-hydrogen) atoms. The van der Waals surface area contributed by atoms with E-state index in [1.165, 1.54) is 5.56 Å². The number of hydrogen-bond donors (Lipinski definition) is 1. The Morgan fingerprint density at radius 2 is 2.37 bits per heavy atom. The summed E-state index contributed by atoms with van der Waals surface area (Å²) in [4.78, 5) is 17.9. The first-order valence-electron chi connectivity index (χ1n) is 8.71. The lowest BCUT2D eigenvalue weighted by Crippen LogP contribution is -2.21. The molecule has 3 aromatic heterocycles. The second-order valence-corrected chi connectivity index (χ2v) is 7.30. The van der Waals surface area contributed by atoms with Crippen LogP contribution in [0.3, 0.4) is 0 Å². The Balaban J connectivity index is 1.50. The molecule has 0 saturated carbocycles. The van der Waals surface area contributed by atoms with Gasteiger partial charge in [0.15, 0.2) is 0 Å². The van der Waals surface area contributed by atoms with E-state index in [0.29, 0.717) is 29.6 Å². The fourth-order valence-electron chi connectivity index (χ4n) is 3.15. The second-order valence-electron chi connectivity index (χ2n) is 6.35. The number of aryl methyl sites for hydroxylation is 2. The van der Waals surface area contributed by atoms with Gasteiger partial charge in [0.1, 0.15) is 17.5 Å². The van der Waals surface area contributed by atoms with Crippen molar-refractivity contribution in [2.24, 2.45) is 7.05 Å². The van der Waals surface area contributed by atoms with Crippen LogP contribution in [0.25, 0.3) is 0 Å². The molecule has 7 nitrogen and oxygen atoms in total. The average Bonchev–Trinajstić information content (AvgIpc) is 3.23. The van der Waals surface area contributed by atoms with Gasteiger partial charge < -0.3 is 14.8 Å². The lowest BCUT2D eigenvalue weighted by atomic mass is 10.1. The van der Waals surface area contributed by atoms with E-state index >= 15 is 0 Å². The topological polar surface area (TPSA) is 78.3 Å². The van der Waals surface area contributed by atoms with E-state index in [1.807, 2.05) is 6.92 Å². The third-order valence-corrected chi connectivity index (χ3v) is 5.47. The van der Waals surface area contributed by atoms with Crippen molar-refractivity contribution < 1.29 is 14.3 Å². The van der Waals surface area contributed by atoms with Gasteiger partial charge in [0.05, 0.1) is 24.9 Å². The van der Waals surface area contributed by atoms with E-state index in [9.17, 15) is 4.79 Å². The number of nitrogens with one attached hydrogen (secondary N) is 1. The van der Waals surface area contributed by atoms with Crippen molar-refractivity contribution in [1.29, 1.82) is 0 Å². The molecule has 0 radical (unpaired) electrons. The minimum atomic E-state index is -0.201. The molecule has 0 unspecified atom stereocenters. The van der Waals surface area contributed by atoms with Crippen LogP contribution in [0, 0.1) is 6.92 Å². The fraction of sp³-hybridized carbons (Fsp3) is 0.316. The van der Waals surface area contributed by atoms with Crippen molar-refractivity contribution in [1.82, 2.24) is 14.8 Å². The summed E-state index contributed by atoms with van der Waals surface area (Å²) in [6, 6.07) is 5.70. The lowest BCUT2D eigenvalue weighted by molar-refractivity contribution is -0.119. The lowest BCUT2D eigenvalue weighted by Gasteiger charge is -2.22. The van der Waals surface area contributed by atoms with Crippen molar-refractivity contribution in [3.8, 4) is 11.6 Å². The molecule has 1 amide bonds. The van der Waals surface area contributed by atoms with E-state index in [-0.39, 0.29) is 18.4 Å². The van der Waals surface area contributed by atoms with Gasteiger partial charge in [0.2, 0.25) is 11.8 Å². The van der Waals surface area contributed by atoms with Gasteiger partial charge in [-0.25, -0.2) is 4.68 Å². The largest absolute Gasteiger partial charge is 0.436 e. The smallest absolute Gasteiger partial charge is 0.241 e. The highest BCUT2D eigenvalue weighted by Crippen LogP contribution is 2.35. The molecule has 1 aliphatic rings. The van der Waals surface area contributed by atoms with Crippen LogP contribution in [0.2, 0.25) is 0 Å². The number of carbonyl (C=O) groups is 1. The predicted molar refractivity (Wildman–Crippen MR) is 102 cm³/mol. The molecule has 140 valence electrons. The molecule has 0 aliphatic carbocycles. The number of hydrogen-bond acceptors (Lipinski definition) is 6. The number of ether oxygens (including phenoxy) is 2. The van der Waals surface area contributed by atoms with Gasteiger partial charge in [-0.2, -0.15) is 5.10 Å². The Kier molecular flexibility index (Phi) is 4.91. The molecule has 1 atom stereocenters. The SMILES string of the molecule is Cc1nn(C)c(Oc2cccnc2)c1NC(=O)C[C@@H]1OCCc2ccsc21. The van der Waals surface area contributed by atoms with E-state index < -0.39 is 0 Å². The highest BCUT2D eigenvalue weighted by atomic mass is 32.1. The van der Waals surface area contributed by atoms with Crippen LogP contribution in [-0.4, -0.2) is 27.3 Å². The van der Waals surface area contributed by atoms with Gasteiger partial charge in [-0.1, -0.05) is 0 Å². The first kappa shape index (κ1) is 17.7. The Labute approximate surface area is 161 Å². The Morgan fingerprint density at radius 3 is 3.19 bits per heavy atom. The zero-order valence-electron chi connectivity index (χ0n) is 15.1. The Bertz CT molecular complexity index is 951. The molecule has 0 saturated heterocycles. The maximum atomic E-state index is 12.7. The van der Waals surface area contributed by atoms with Crippen LogP contribution < -0.4 is 10.1 Å². The summed E-state index contributed by atoms with van der Waals surface area (Å²) in [6.45, 7) is 2.48. The number of fused-ring (bicyclic) bond motifs is 1. The average molecular weight is 384 g/mol. The quantitative estimate of drug-likeness (QED) is 0.727. The van der Waals surface area contributed by atoms with E-state index in [0.717, 1.165) is 11.3 Å². The van der Waals surface area contributed by atoms with E-state index in [4.69, 9.17) is 9.47 Å². The van der Waals surface area contributed by atoms with Crippen LogP contribution in [0.4, 0.5) is 5.69 Å². The van der Waals surface area contributed by atoms with E-state index in [2.05, 4.69) is 26.8 Å². The number of rotatable bonds is 5.